The van der Waals surface area contributed by atoms with E-state index in [4.69, 9.17) is 5.11 Å². The summed E-state index contributed by atoms with van der Waals surface area (Å²) < 4.78 is 6.03. The molecular weight excluding hydrogens is 815 g/mol. The molecule has 0 aliphatic carbocycles. The summed E-state index contributed by atoms with van der Waals surface area (Å²) in [6.45, 7) is 0. The Morgan fingerprint density at radius 3 is 1.32 bits per heavy atom. The van der Waals surface area contributed by atoms with Gasteiger partial charge in [0, 0.05) is 13.4 Å². The molecule has 0 unspecified atom stereocenters. The zero-order valence-corrected chi connectivity index (χ0v) is 22.8. The van der Waals surface area contributed by atoms with Crippen molar-refractivity contribution in [3.05, 3.63) is 47.9 Å². The van der Waals surface area contributed by atoms with Gasteiger partial charge in [0.2, 0.25) is 0 Å². The van der Waals surface area contributed by atoms with Crippen molar-refractivity contribution >= 4 is 127 Å². The number of phenols is 2. The maximum absolute atomic E-state index is 9.52. The first-order valence-electron chi connectivity index (χ1n) is 5.12. The molecule has 0 spiro atoms. The van der Waals surface area contributed by atoms with Gasteiger partial charge >= 0.3 is 0 Å². The first-order valence-corrected chi connectivity index (χ1v) is 11.5. The summed E-state index contributed by atoms with van der Waals surface area (Å²) in [6, 6.07) is 3.38. The van der Waals surface area contributed by atoms with Crippen LogP contribution in [-0.2, 0) is 0 Å². The van der Waals surface area contributed by atoms with Gasteiger partial charge in [0.15, 0.2) is 0 Å². The molecule has 2 rings (SSSR count). The van der Waals surface area contributed by atoms with Crippen LogP contribution in [0, 0.1) is 0 Å². The van der Waals surface area contributed by atoms with Crippen molar-refractivity contribution in [2.75, 3.05) is 0 Å². The second-order valence-electron chi connectivity index (χ2n) is 3.61. The van der Waals surface area contributed by atoms with Gasteiger partial charge in [-0.25, -0.2) is 0 Å². The van der Waals surface area contributed by atoms with Crippen LogP contribution in [0.15, 0.2) is 47.9 Å². The summed E-state index contributed by atoms with van der Waals surface area (Å²) >= 11 is 26.2. The number of halogens is 8. The number of phenolic OH excluding ortho intramolecular Hbond substituents is 2. The molecule has 2 aromatic rings. The van der Waals surface area contributed by atoms with Gasteiger partial charge in [-0.3, -0.25) is 0 Å². The van der Waals surface area contributed by atoms with Crippen molar-refractivity contribution in [2.45, 2.75) is 0 Å². The zero-order valence-electron chi connectivity index (χ0n) is 10.1. The maximum atomic E-state index is 9.52. The lowest BCUT2D eigenvalue weighted by molar-refractivity contribution is 0.467. The standard InChI is InChI=1S/C6HBr5O.C6H3Br3O/c7-1-2(8)4(10)6(12)5(11)3(1)9;7-3-1-2-4(10)6(9)5(3)8/h12H;1-2,10H. The molecule has 2 nitrogen and oxygen atoms in total. The molecule has 0 bridgehead atoms. The summed E-state index contributed by atoms with van der Waals surface area (Å²) in [6.07, 6.45) is 0. The third kappa shape index (κ3) is 5.19. The van der Waals surface area contributed by atoms with E-state index in [2.05, 4.69) is 127 Å². The number of benzene rings is 2. The minimum atomic E-state index is 0.164. The first kappa shape index (κ1) is 21.9. The molecule has 0 atom stereocenters. The fourth-order valence-corrected chi connectivity index (χ4v) is 5.41. The predicted molar refractivity (Wildman–Crippen MR) is 118 cm³/mol. The van der Waals surface area contributed by atoms with Gasteiger partial charge in [0.25, 0.3) is 0 Å². The number of aromatic hydroxyl groups is 2. The summed E-state index contributed by atoms with van der Waals surface area (Å²) in [5.74, 6) is 0.395. The van der Waals surface area contributed by atoms with Crippen LogP contribution in [0.3, 0.4) is 0 Å². The lowest BCUT2D eigenvalue weighted by Crippen LogP contribution is -1.80. The van der Waals surface area contributed by atoms with Crippen LogP contribution < -0.4 is 0 Å². The van der Waals surface area contributed by atoms with Crippen LogP contribution in [0.2, 0.25) is 0 Å². The van der Waals surface area contributed by atoms with E-state index in [1.807, 2.05) is 0 Å². The highest BCUT2D eigenvalue weighted by Crippen LogP contribution is 2.47. The summed E-state index contributed by atoms with van der Waals surface area (Å²) in [5.41, 5.74) is 0. The average molecular weight is 819 g/mol. The van der Waals surface area contributed by atoms with E-state index in [0.29, 0.717) is 13.4 Å². The van der Waals surface area contributed by atoms with Crippen LogP contribution in [0.25, 0.3) is 0 Å². The summed E-state index contributed by atoms with van der Waals surface area (Å²) in [5, 5.41) is 18.6. The maximum Gasteiger partial charge on any atom is 0.146 e. The highest BCUT2D eigenvalue weighted by molar-refractivity contribution is 9.16. The van der Waals surface area contributed by atoms with Crippen LogP contribution in [0.4, 0.5) is 0 Å². The van der Waals surface area contributed by atoms with Crippen molar-refractivity contribution in [1.29, 1.82) is 0 Å². The van der Waals surface area contributed by atoms with E-state index in [1.54, 1.807) is 12.1 Å². The molecule has 0 aliphatic rings. The van der Waals surface area contributed by atoms with Gasteiger partial charge < -0.3 is 10.2 Å². The molecule has 2 N–H and O–H groups in total. The molecule has 0 amide bonds. The molecule has 0 saturated heterocycles. The molecule has 0 heterocycles. The number of hydrogen-bond acceptors (Lipinski definition) is 2. The van der Waals surface area contributed by atoms with Crippen LogP contribution in [-0.4, -0.2) is 10.2 Å². The van der Waals surface area contributed by atoms with Crippen LogP contribution in [0.1, 0.15) is 0 Å². The van der Waals surface area contributed by atoms with Gasteiger partial charge in [-0.15, -0.1) is 0 Å². The Bertz CT molecular complexity index is 585. The fourth-order valence-electron chi connectivity index (χ4n) is 1.11. The van der Waals surface area contributed by atoms with Gasteiger partial charge in [0.05, 0.1) is 22.4 Å². The third-order valence-electron chi connectivity index (χ3n) is 2.20. The molecule has 10 heteroatoms. The average Bonchev–Trinajstić information content (AvgIpc) is 2.51. The van der Waals surface area contributed by atoms with Crippen LogP contribution in [0.5, 0.6) is 11.5 Å². The summed E-state index contributed by atoms with van der Waals surface area (Å²) in [4.78, 5) is 0. The fraction of sp³-hybridized carbons (Fsp3) is 0. The summed E-state index contributed by atoms with van der Waals surface area (Å²) in [7, 11) is 0. The topological polar surface area (TPSA) is 40.5 Å². The lowest BCUT2D eigenvalue weighted by atomic mass is 10.3. The van der Waals surface area contributed by atoms with E-state index >= 15 is 0 Å². The third-order valence-corrected chi connectivity index (χ3v) is 11.6. The molecule has 0 fully saturated rings. The van der Waals surface area contributed by atoms with Gasteiger partial charge in [0.1, 0.15) is 11.5 Å². The molecule has 120 valence electrons. The lowest BCUT2D eigenvalue weighted by Gasteiger charge is -2.07. The molecule has 0 aliphatic heterocycles. The highest BCUT2D eigenvalue weighted by Gasteiger charge is 2.16. The number of rotatable bonds is 0. The second kappa shape index (κ2) is 9.54. The van der Waals surface area contributed by atoms with Gasteiger partial charge in [-0.2, -0.15) is 0 Å². The zero-order chi connectivity index (χ0) is 17.2. The second-order valence-corrected chi connectivity index (χ2v) is 10.0. The molecular formula is C12H4Br8O2. The largest absolute Gasteiger partial charge is 0.507 e. The van der Waals surface area contributed by atoms with Crippen molar-refractivity contribution in [2.24, 2.45) is 0 Å². The molecule has 22 heavy (non-hydrogen) atoms. The monoisotopic (exact) mass is 811 g/mol. The Labute approximate surface area is 194 Å². The van der Waals surface area contributed by atoms with Gasteiger partial charge in [-0.05, 0) is 140 Å². The molecule has 0 radical (unpaired) electrons. The van der Waals surface area contributed by atoms with Crippen LogP contribution >= 0.6 is 127 Å². The number of hydrogen-bond donors (Lipinski definition) is 2. The SMILES string of the molecule is Oc1c(Br)c(Br)c(Br)c(Br)c1Br.Oc1ccc(Br)c(Br)c1Br. The normalized spacial score (nSPS) is 10.2. The van der Waals surface area contributed by atoms with E-state index < -0.39 is 0 Å². The van der Waals surface area contributed by atoms with Crippen molar-refractivity contribution in [3.8, 4) is 11.5 Å². The van der Waals surface area contributed by atoms with E-state index in [1.165, 1.54) is 0 Å². The predicted octanol–water partition coefficient (Wildman–Crippen LogP) is 8.88. The molecule has 2 aromatic carbocycles. The van der Waals surface area contributed by atoms with Crippen molar-refractivity contribution < 1.29 is 10.2 Å². The Balaban J connectivity index is 0.000000224. The Hall–Kier alpha value is 1.88. The Kier molecular flexibility index (Phi) is 9.51. The van der Waals surface area contributed by atoms with Crippen molar-refractivity contribution in [3.63, 3.8) is 0 Å². The Morgan fingerprint density at radius 1 is 0.500 bits per heavy atom. The Morgan fingerprint density at radius 2 is 0.909 bits per heavy atom. The molecule has 0 aromatic heterocycles. The van der Waals surface area contributed by atoms with Gasteiger partial charge in [-0.1, -0.05) is 0 Å². The quantitative estimate of drug-likeness (QED) is 0.206. The smallest absolute Gasteiger partial charge is 0.146 e. The minimum Gasteiger partial charge on any atom is -0.507 e. The highest BCUT2D eigenvalue weighted by atomic mass is 79.9. The van der Waals surface area contributed by atoms with E-state index in [9.17, 15) is 5.11 Å². The molecule has 0 saturated carbocycles. The van der Waals surface area contributed by atoms with E-state index in [-0.39, 0.29) is 11.5 Å². The first-order chi connectivity index (χ1) is 10.1. The van der Waals surface area contributed by atoms with E-state index in [0.717, 1.165) is 22.4 Å². The minimum absolute atomic E-state index is 0.164. The van der Waals surface area contributed by atoms with Crippen molar-refractivity contribution in [1.82, 2.24) is 0 Å².